The number of piperidine rings is 1. The molecule has 1 aromatic rings. The zero-order valence-corrected chi connectivity index (χ0v) is 14.1. The number of hydrogen-bond acceptors (Lipinski definition) is 5. The van der Waals surface area contributed by atoms with Crippen molar-refractivity contribution < 1.29 is 19.0 Å². The lowest BCUT2D eigenvalue weighted by Crippen LogP contribution is -2.47. The van der Waals surface area contributed by atoms with E-state index in [0.29, 0.717) is 30.2 Å². The van der Waals surface area contributed by atoms with Gasteiger partial charge in [-0.15, -0.1) is 0 Å². The van der Waals surface area contributed by atoms with Crippen molar-refractivity contribution in [1.29, 1.82) is 0 Å². The van der Waals surface area contributed by atoms with Gasteiger partial charge >= 0.3 is 0 Å². The zero-order chi connectivity index (χ0) is 16.7. The topological polar surface area (TPSA) is 68.8 Å². The van der Waals surface area contributed by atoms with Crippen molar-refractivity contribution in [3.8, 4) is 11.5 Å². The van der Waals surface area contributed by atoms with E-state index in [1.54, 1.807) is 39.5 Å². The quantitative estimate of drug-likeness (QED) is 0.795. The molecule has 0 spiro atoms. The SMILES string of the molecule is COCC1(CNC(=O)c2ccc(OC)cc2OC)CCNCC1. The molecule has 1 heterocycles. The lowest BCUT2D eigenvalue weighted by molar-refractivity contribution is 0.0511. The summed E-state index contributed by atoms with van der Waals surface area (Å²) in [7, 11) is 4.84. The van der Waals surface area contributed by atoms with Crippen LogP contribution in [0.15, 0.2) is 18.2 Å². The summed E-state index contributed by atoms with van der Waals surface area (Å²) in [4.78, 5) is 12.5. The van der Waals surface area contributed by atoms with Crippen LogP contribution in [0, 0.1) is 5.41 Å². The van der Waals surface area contributed by atoms with Gasteiger partial charge in [0.2, 0.25) is 0 Å². The maximum Gasteiger partial charge on any atom is 0.255 e. The highest BCUT2D eigenvalue weighted by Gasteiger charge is 2.32. The number of carbonyl (C=O) groups is 1. The third kappa shape index (κ3) is 4.36. The molecular weight excluding hydrogens is 296 g/mol. The average Bonchev–Trinajstić information content (AvgIpc) is 2.60. The molecule has 1 aliphatic rings. The molecular formula is C17H26N2O4. The molecule has 0 unspecified atom stereocenters. The van der Waals surface area contributed by atoms with Crippen LogP contribution in [0.1, 0.15) is 23.2 Å². The van der Waals surface area contributed by atoms with E-state index in [0.717, 1.165) is 25.9 Å². The van der Waals surface area contributed by atoms with Crippen molar-refractivity contribution in [3.63, 3.8) is 0 Å². The van der Waals surface area contributed by atoms with E-state index < -0.39 is 0 Å². The van der Waals surface area contributed by atoms with Crippen molar-refractivity contribution in [2.75, 3.05) is 47.6 Å². The highest BCUT2D eigenvalue weighted by Crippen LogP contribution is 2.29. The molecule has 1 fully saturated rings. The standard InChI is InChI=1S/C17H26N2O4/c1-21-12-17(6-8-18-9-7-17)11-19-16(20)14-5-4-13(22-2)10-15(14)23-3/h4-5,10,18H,6-9,11-12H2,1-3H3,(H,19,20). The highest BCUT2D eigenvalue weighted by atomic mass is 16.5. The van der Waals surface area contributed by atoms with Gasteiger partial charge in [-0.25, -0.2) is 0 Å². The van der Waals surface area contributed by atoms with Crippen molar-refractivity contribution in [1.82, 2.24) is 10.6 Å². The molecule has 1 aliphatic heterocycles. The predicted molar refractivity (Wildman–Crippen MR) is 88.3 cm³/mol. The fourth-order valence-electron chi connectivity index (χ4n) is 2.98. The molecule has 1 aromatic carbocycles. The highest BCUT2D eigenvalue weighted by molar-refractivity contribution is 5.97. The Bertz CT molecular complexity index is 522. The monoisotopic (exact) mass is 322 g/mol. The second-order valence-electron chi connectivity index (χ2n) is 5.93. The predicted octanol–water partition coefficient (Wildman–Crippen LogP) is 1.45. The molecule has 2 rings (SSSR count). The summed E-state index contributed by atoms with van der Waals surface area (Å²) >= 11 is 0. The molecule has 23 heavy (non-hydrogen) atoms. The lowest BCUT2D eigenvalue weighted by atomic mass is 9.79. The Morgan fingerprint density at radius 2 is 1.96 bits per heavy atom. The number of ether oxygens (including phenoxy) is 3. The first kappa shape index (κ1) is 17.6. The summed E-state index contributed by atoms with van der Waals surface area (Å²) in [6.45, 7) is 3.14. The molecule has 0 aliphatic carbocycles. The van der Waals surface area contributed by atoms with Gasteiger partial charge in [0.1, 0.15) is 11.5 Å². The van der Waals surface area contributed by atoms with Crippen molar-refractivity contribution >= 4 is 5.91 Å². The van der Waals surface area contributed by atoms with Crippen LogP contribution in [0.4, 0.5) is 0 Å². The fourth-order valence-corrected chi connectivity index (χ4v) is 2.98. The first-order valence-electron chi connectivity index (χ1n) is 7.84. The Morgan fingerprint density at radius 1 is 1.22 bits per heavy atom. The number of hydrogen-bond donors (Lipinski definition) is 2. The molecule has 1 saturated heterocycles. The van der Waals surface area contributed by atoms with Crippen LogP contribution < -0.4 is 20.1 Å². The van der Waals surface area contributed by atoms with E-state index in [1.807, 2.05) is 0 Å². The molecule has 6 heteroatoms. The normalized spacial score (nSPS) is 16.7. The minimum absolute atomic E-state index is 0.00460. The number of amides is 1. The Labute approximate surface area is 137 Å². The first-order chi connectivity index (χ1) is 11.1. The molecule has 0 saturated carbocycles. The van der Waals surface area contributed by atoms with Crippen LogP contribution in [0.3, 0.4) is 0 Å². The minimum Gasteiger partial charge on any atom is -0.497 e. The van der Waals surface area contributed by atoms with Gasteiger partial charge in [0.25, 0.3) is 5.91 Å². The van der Waals surface area contributed by atoms with E-state index in [-0.39, 0.29) is 11.3 Å². The second kappa shape index (κ2) is 8.17. The Hall–Kier alpha value is -1.79. The molecule has 1 amide bonds. The fraction of sp³-hybridized carbons (Fsp3) is 0.588. The second-order valence-corrected chi connectivity index (χ2v) is 5.93. The third-order valence-corrected chi connectivity index (χ3v) is 4.39. The largest absolute Gasteiger partial charge is 0.497 e. The minimum atomic E-state index is -0.140. The summed E-state index contributed by atoms with van der Waals surface area (Å²) in [5, 5.41) is 6.38. The van der Waals surface area contributed by atoms with Crippen LogP contribution in [-0.2, 0) is 4.74 Å². The van der Waals surface area contributed by atoms with Crippen molar-refractivity contribution in [3.05, 3.63) is 23.8 Å². The van der Waals surface area contributed by atoms with E-state index >= 15 is 0 Å². The number of nitrogens with one attached hydrogen (secondary N) is 2. The summed E-state index contributed by atoms with van der Waals surface area (Å²) < 4.78 is 15.8. The van der Waals surface area contributed by atoms with E-state index in [4.69, 9.17) is 14.2 Å². The molecule has 0 aromatic heterocycles. The average molecular weight is 322 g/mol. The molecule has 0 atom stereocenters. The molecule has 128 valence electrons. The number of rotatable bonds is 7. The first-order valence-corrected chi connectivity index (χ1v) is 7.84. The van der Waals surface area contributed by atoms with Gasteiger partial charge in [-0.2, -0.15) is 0 Å². The van der Waals surface area contributed by atoms with Gasteiger partial charge in [0.05, 0.1) is 26.4 Å². The molecule has 0 radical (unpaired) electrons. The maximum atomic E-state index is 12.5. The van der Waals surface area contributed by atoms with Crippen LogP contribution in [0.25, 0.3) is 0 Å². The Balaban J connectivity index is 2.06. The zero-order valence-electron chi connectivity index (χ0n) is 14.1. The van der Waals surface area contributed by atoms with Crippen LogP contribution in [0.5, 0.6) is 11.5 Å². The van der Waals surface area contributed by atoms with Crippen molar-refractivity contribution in [2.24, 2.45) is 5.41 Å². The smallest absolute Gasteiger partial charge is 0.255 e. The molecule has 2 N–H and O–H groups in total. The Kier molecular flexibility index (Phi) is 6.24. The molecule has 0 bridgehead atoms. The number of benzene rings is 1. The lowest BCUT2D eigenvalue weighted by Gasteiger charge is -2.37. The van der Waals surface area contributed by atoms with Gasteiger partial charge in [-0.1, -0.05) is 0 Å². The van der Waals surface area contributed by atoms with E-state index in [9.17, 15) is 4.79 Å². The van der Waals surface area contributed by atoms with Gasteiger partial charge in [-0.05, 0) is 38.1 Å². The summed E-state index contributed by atoms with van der Waals surface area (Å²) in [5.41, 5.74) is 0.504. The maximum absolute atomic E-state index is 12.5. The van der Waals surface area contributed by atoms with Crippen molar-refractivity contribution in [2.45, 2.75) is 12.8 Å². The van der Waals surface area contributed by atoms with E-state index in [2.05, 4.69) is 10.6 Å². The van der Waals surface area contributed by atoms with Crippen LogP contribution in [0.2, 0.25) is 0 Å². The number of methoxy groups -OCH3 is 3. The van der Waals surface area contributed by atoms with Crippen LogP contribution >= 0.6 is 0 Å². The number of carbonyl (C=O) groups excluding carboxylic acids is 1. The van der Waals surface area contributed by atoms with Gasteiger partial charge in [0, 0.05) is 25.1 Å². The summed E-state index contributed by atoms with van der Waals surface area (Å²) in [5.74, 6) is 1.03. The molecule has 6 nitrogen and oxygen atoms in total. The van der Waals surface area contributed by atoms with Crippen LogP contribution in [-0.4, -0.2) is 53.5 Å². The Morgan fingerprint density at radius 3 is 2.57 bits per heavy atom. The summed E-state index contributed by atoms with van der Waals surface area (Å²) in [6.07, 6.45) is 1.97. The summed E-state index contributed by atoms with van der Waals surface area (Å²) in [6, 6.07) is 5.19. The van der Waals surface area contributed by atoms with Gasteiger partial charge < -0.3 is 24.8 Å². The van der Waals surface area contributed by atoms with Gasteiger partial charge in [0.15, 0.2) is 0 Å². The van der Waals surface area contributed by atoms with Gasteiger partial charge in [-0.3, -0.25) is 4.79 Å². The van der Waals surface area contributed by atoms with E-state index in [1.165, 1.54) is 0 Å². The third-order valence-electron chi connectivity index (χ3n) is 4.39.